The van der Waals surface area contributed by atoms with E-state index in [2.05, 4.69) is 66.5 Å². The smallest absolute Gasteiger partial charge is 0.0470 e. The van der Waals surface area contributed by atoms with Crippen LogP contribution >= 0.6 is 0 Å². The molecule has 0 spiro atoms. The maximum Gasteiger partial charge on any atom is 0.0470 e. The Bertz CT molecular complexity index is 973. The molecule has 2 aliphatic carbocycles. The molecule has 5 rings (SSSR count). The lowest BCUT2D eigenvalue weighted by Crippen LogP contribution is -2.25. The Kier molecular flexibility index (Phi) is 2.11. The molecular weight excluding hydrogens is 254 g/mol. The summed E-state index contributed by atoms with van der Waals surface area (Å²) in [6, 6.07) is 15.6. The average Bonchev–Trinajstić information content (AvgIpc) is 3.17. The first-order chi connectivity index (χ1) is 10.3. The molecule has 1 heterocycles. The Balaban J connectivity index is 1.73. The summed E-state index contributed by atoms with van der Waals surface area (Å²) < 4.78 is 0. The molecule has 0 amide bonds. The van der Waals surface area contributed by atoms with Gasteiger partial charge in [0.1, 0.15) is 0 Å². The predicted octanol–water partition coefficient (Wildman–Crippen LogP) is 3.35. The van der Waals surface area contributed by atoms with Gasteiger partial charge in [-0.3, -0.25) is 0 Å². The molecule has 1 heteroatoms. The number of fused-ring (bicyclic) bond motifs is 4. The Morgan fingerprint density at radius 1 is 0.905 bits per heavy atom. The maximum absolute atomic E-state index is 3.61. The summed E-state index contributed by atoms with van der Waals surface area (Å²) in [5.41, 5.74) is 5.13. The molecule has 0 radical (unpaired) electrons. The summed E-state index contributed by atoms with van der Waals surface area (Å²) in [6.07, 6.45) is 6.22. The van der Waals surface area contributed by atoms with Gasteiger partial charge in [0.2, 0.25) is 0 Å². The van der Waals surface area contributed by atoms with E-state index in [1.54, 1.807) is 0 Å². The van der Waals surface area contributed by atoms with E-state index in [0.717, 1.165) is 11.8 Å². The van der Waals surface area contributed by atoms with Crippen LogP contribution in [0.1, 0.15) is 12.0 Å². The standard InChI is InChI=1S/C20H17N/c1-12-2-4-13(5-3-12)14-6-7-17-18-9-15-8-16(15)11-20(18)21-19(17)10-14/h2-7,9-11,15-16,21H,8H2,1H3. The third kappa shape index (κ3) is 1.70. The van der Waals surface area contributed by atoms with E-state index < -0.39 is 0 Å². The highest BCUT2D eigenvalue weighted by Crippen LogP contribution is 2.42. The molecule has 102 valence electrons. The number of H-pyrrole nitrogens is 1. The number of aromatic nitrogens is 1. The van der Waals surface area contributed by atoms with Crippen LogP contribution in [0.5, 0.6) is 0 Å². The first-order valence-electron chi connectivity index (χ1n) is 7.70. The quantitative estimate of drug-likeness (QED) is 0.698. The molecule has 3 aromatic rings. The molecule has 2 aliphatic rings. The molecule has 21 heavy (non-hydrogen) atoms. The van der Waals surface area contributed by atoms with Gasteiger partial charge >= 0.3 is 0 Å². The number of aryl methyl sites for hydroxylation is 1. The third-order valence-corrected chi connectivity index (χ3v) is 4.91. The Morgan fingerprint density at radius 2 is 1.67 bits per heavy atom. The summed E-state index contributed by atoms with van der Waals surface area (Å²) in [7, 11) is 0. The molecule has 2 aromatic carbocycles. The van der Waals surface area contributed by atoms with Crippen LogP contribution in [0.3, 0.4) is 0 Å². The molecule has 1 nitrogen and oxygen atoms in total. The lowest BCUT2D eigenvalue weighted by molar-refractivity contribution is 1.05. The number of hydrogen-bond donors (Lipinski definition) is 1. The second-order valence-electron chi connectivity index (χ2n) is 6.48. The monoisotopic (exact) mass is 271 g/mol. The van der Waals surface area contributed by atoms with Crippen LogP contribution in [-0.2, 0) is 0 Å². The van der Waals surface area contributed by atoms with E-state index in [9.17, 15) is 0 Å². The fourth-order valence-electron chi connectivity index (χ4n) is 3.52. The van der Waals surface area contributed by atoms with Crippen LogP contribution < -0.4 is 10.6 Å². The van der Waals surface area contributed by atoms with E-state index in [4.69, 9.17) is 0 Å². The Morgan fingerprint density at radius 3 is 2.52 bits per heavy atom. The second-order valence-corrected chi connectivity index (χ2v) is 6.48. The van der Waals surface area contributed by atoms with Crippen LogP contribution in [0.4, 0.5) is 0 Å². The van der Waals surface area contributed by atoms with Crippen molar-refractivity contribution in [3.63, 3.8) is 0 Å². The van der Waals surface area contributed by atoms with Crippen molar-refractivity contribution in [2.45, 2.75) is 13.3 Å². The highest BCUT2D eigenvalue weighted by molar-refractivity contribution is 5.86. The summed E-state index contributed by atoms with van der Waals surface area (Å²) >= 11 is 0. The highest BCUT2D eigenvalue weighted by atomic mass is 14.7. The van der Waals surface area contributed by atoms with Gasteiger partial charge in [-0.15, -0.1) is 0 Å². The molecule has 1 aromatic heterocycles. The van der Waals surface area contributed by atoms with E-state index in [1.807, 2.05) is 0 Å². The van der Waals surface area contributed by atoms with Crippen molar-refractivity contribution < 1.29 is 0 Å². The van der Waals surface area contributed by atoms with E-state index >= 15 is 0 Å². The fourth-order valence-corrected chi connectivity index (χ4v) is 3.52. The van der Waals surface area contributed by atoms with Gasteiger partial charge in [0.05, 0.1) is 0 Å². The lowest BCUT2D eigenvalue weighted by Gasteiger charge is -2.02. The van der Waals surface area contributed by atoms with Crippen LogP contribution in [0.2, 0.25) is 0 Å². The van der Waals surface area contributed by atoms with E-state index in [1.165, 1.54) is 44.6 Å². The largest absolute Gasteiger partial charge is 0.355 e. The zero-order valence-corrected chi connectivity index (χ0v) is 12.1. The molecular formula is C20H17N. The van der Waals surface area contributed by atoms with Gasteiger partial charge < -0.3 is 4.98 Å². The van der Waals surface area contributed by atoms with Crippen molar-refractivity contribution in [1.29, 1.82) is 0 Å². The number of rotatable bonds is 1. The molecule has 0 bridgehead atoms. The van der Waals surface area contributed by atoms with Crippen molar-refractivity contribution >= 4 is 23.1 Å². The number of hydrogen-bond acceptors (Lipinski definition) is 0. The van der Waals surface area contributed by atoms with Crippen molar-refractivity contribution in [3.05, 3.63) is 58.6 Å². The lowest BCUT2D eigenvalue weighted by atomic mass is 10.0. The minimum Gasteiger partial charge on any atom is -0.355 e. The van der Waals surface area contributed by atoms with Gasteiger partial charge in [0, 0.05) is 21.5 Å². The minimum atomic E-state index is 0.794. The van der Waals surface area contributed by atoms with Gasteiger partial charge in [-0.2, -0.15) is 0 Å². The summed E-state index contributed by atoms with van der Waals surface area (Å²) in [4.78, 5) is 3.61. The topological polar surface area (TPSA) is 15.8 Å². The van der Waals surface area contributed by atoms with E-state index in [0.29, 0.717) is 0 Å². The van der Waals surface area contributed by atoms with Gasteiger partial charge in [0.15, 0.2) is 0 Å². The Labute approximate surface area is 123 Å². The first-order valence-corrected chi connectivity index (χ1v) is 7.70. The minimum absolute atomic E-state index is 0.794. The molecule has 1 N–H and O–H groups in total. The molecule has 1 fully saturated rings. The third-order valence-electron chi connectivity index (χ3n) is 4.91. The van der Waals surface area contributed by atoms with Gasteiger partial charge in [-0.1, -0.05) is 54.1 Å². The van der Waals surface area contributed by atoms with Crippen molar-refractivity contribution in [2.24, 2.45) is 11.8 Å². The number of nitrogens with one attached hydrogen (secondary N) is 1. The molecule has 0 saturated heterocycles. The predicted molar refractivity (Wildman–Crippen MR) is 88.2 cm³/mol. The first kappa shape index (κ1) is 11.4. The van der Waals surface area contributed by atoms with Crippen LogP contribution in [0, 0.1) is 18.8 Å². The average molecular weight is 271 g/mol. The van der Waals surface area contributed by atoms with E-state index in [-0.39, 0.29) is 0 Å². The van der Waals surface area contributed by atoms with Crippen LogP contribution in [0.25, 0.3) is 34.2 Å². The number of benzene rings is 2. The van der Waals surface area contributed by atoms with Crippen molar-refractivity contribution in [2.75, 3.05) is 0 Å². The van der Waals surface area contributed by atoms with Crippen LogP contribution in [0.15, 0.2) is 42.5 Å². The Hall–Kier alpha value is -2.28. The van der Waals surface area contributed by atoms with Gasteiger partial charge in [0.25, 0.3) is 0 Å². The van der Waals surface area contributed by atoms with Crippen molar-refractivity contribution in [3.8, 4) is 11.1 Å². The van der Waals surface area contributed by atoms with Crippen molar-refractivity contribution in [1.82, 2.24) is 4.98 Å². The SMILES string of the molecule is Cc1ccc(-c2ccc3c4c([nH]c3c2)=CC2CC2C=4)cc1. The normalized spacial score (nSPS) is 22.1. The van der Waals surface area contributed by atoms with Crippen LogP contribution in [-0.4, -0.2) is 4.98 Å². The zero-order valence-electron chi connectivity index (χ0n) is 12.1. The van der Waals surface area contributed by atoms with Gasteiger partial charge in [-0.25, -0.2) is 0 Å². The number of aromatic amines is 1. The fraction of sp³-hybridized carbons (Fsp3) is 0.200. The summed E-state index contributed by atoms with van der Waals surface area (Å²) in [5.74, 6) is 1.59. The zero-order chi connectivity index (χ0) is 14.0. The molecule has 0 aliphatic heterocycles. The second kappa shape index (κ2) is 3.88. The molecule has 1 saturated carbocycles. The highest BCUT2D eigenvalue weighted by Gasteiger charge is 2.35. The molecule has 2 unspecified atom stereocenters. The van der Waals surface area contributed by atoms with Gasteiger partial charge in [-0.05, 0) is 42.4 Å². The summed E-state index contributed by atoms with van der Waals surface area (Å²) in [6.45, 7) is 2.13. The molecule has 2 atom stereocenters. The summed E-state index contributed by atoms with van der Waals surface area (Å²) in [5, 5.41) is 4.10. The maximum atomic E-state index is 3.61.